The number of fused-ring (bicyclic) bond motifs is 1. The van der Waals surface area contributed by atoms with Crippen molar-refractivity contribution < 1.29 is 9.53 Å². The molecule has 3 heterocycles. The van der Waals surface area contributed by atoms with Crippen molar-refractivity contribution in [3.63, 3.8) is 0 Å². The van der Waals surface area contributed by atoms with E-state index in [1.165, 1.54) is 22.0 Å². The number of aromatic nitrogens is 1. The summed E-state index contributed by atoms with van der Waals surface area (Å²) < 4.78 is 5.61. The van der Waals surface area contributed by atoms with Crippen molar-refractivity contribution in [2.24, 2.45) is 0 Å². The quantitative estimate of drug-likeness (QED) is 0.931. The lowest BCUT2D eigenvalue weighted by molar-refractivity contribution is -0.131. The number of hydrogen-bond acceptors (Lipinski definition) is 2. The smallest absolute Gasteiger partial charge is 0.222 e. The summed E-state index contributed by atoms with van der Waals surface area (Å²) in [5.41, 5.74) is 3.79. The number of carbonyl (C=O) groups excluding carboxylic acids is 1. The molecule has 1 saturated heterocycles. The van der Waals surface area contributed by atoms with Crippen LogP contribution in [-0.4, -0.2) is 41.6 Å². The standard InChI is InChI=1S/C20H24N2O2/c23-20(8-7-16-4-3-13-24-16)22-11-9-15(10-12-22)18-14-21-19-6-2-1-5-17(18)19/h1-2,5-6,9,14,16,21H,3-4,7-8,10-13H2/t16-/m1/s1. The molecule has 0 spiro atoms. The summed E-state index contributed by atoms with van der Waals surface area (Å²) in [5.74, 6) is 0.264. The molecule has 2 aliphatic rings. The zero-order chi connectivity index (χ0) is 16.4. The molecule has 2 aliphatic heterocycles. The minimum absolute atomic E-state index is 0.264. The van der Waals surface area contributed by atoms with Crippen LogP contribution in [-0.2, 0) is 9.53 Å². The van der Waals surface area contributed by atoms with Gasteiger partial charge in [-0.05, 0) is 37.3 Å². The number of nitrogens with one attached hydrogen (secondary N) is 1. The zero-order valence-corrected chi connectivity index (χ0v) is 14.0. The van der Waals surface area contributed by atoms with E-state index in [9.17, 15) is 4.79 Å². The van der Waals surface area contributed by atoms with Gasteiger partial charge in [-0.3, -0.25) is 4.79 Å². The van der Waals surface area contributed by atoms with E-state index >= 15 is 0 Å². The minimum Gasteiger partial charge on any atom is -0.378 e. The van der Waals surface area contributed by atoms with Gasteiger partial charge in [0.2, 0.25) is 5.91 Å². The maximum Gasteiger partial charge on any atom is 0.222 e. The van der Waals surface area contributed by atoms with E-state index < -0.39 is 0 Å². The fourth-order valence-electron chi connectivity index (χ4n) is 3.79. The molecular weight excluding hydrogens is 300 g/mol. The van der Waals surface area contributed by atoms with Crippen LogP contribution in [0.1, 0.15) is 37.7 Å². The van der Waals surface area contributed by atoms with Crippen molar-refractivity contribution >= 4 is 22.4 Å². The highest BCUT2D eigenvalue weighted by atomic mass is 16.5. The van der Waals surface area contributed by atoms with E-state index in [-0.39, 0.29) is 5.91 Å². The number of carbonyl (C=O) groups is 1. The predicted molar refractivity (Wildman–Crippen MR) is 95.7 cm³/mol. The Morgan fingerprint density at radius 2 is 2.25 bits per heavy atom. The van der Waals surface area contributed by atoms with Crippen LogP contribution in [0.3, 0.4) is 0 Å². The van der Waals surface area contributed by atoms with Gasteiger partial charge in [0.25, 0.3) is 0 Å². The van der Waals surface area contributed by atoms with Crippen LogP contribution in [0.2, 0.25) is 0 Å². The molecule has 1 aromatic heterocycles. The average molecular weight is 324 g/mol. The van der Waals surface area contributed by atoms with Crippen LogP contribution in [0.5, 0.6) is 0 Å². The predicted octanol–water partition coefficient (Wildman–Crippen LogP) is 3.74. The Morgan fingerprint density at radius 3 is 3.04 bits per heavy atom. The Balaban J connectivity index is 1.38. The first-order chi connectivity index (χ1) is 11.8. The number of nitrogens with zero attached hydrogens (tertiary/aromatic N) is 1. The van der Waals surface area contributed by atoms with Gasteiger partial charge >= 0.3 is 0 Å². The van der Waals surface area contributed by atoms with Gasteiger partial charge in [0.05, 0.1) is 6.10 Å². The zero-order valence-electron chi connectivity index (χ0n) is 14.0. The summed E-state index contributed by atoms with van der Waals surface area (Å²) in [7, 11) is 0. The van der Waals surface area contributed by atoms with Crippen molar-refractivity contribution in [3.8, 4) is 0 Å². The maximum absolute atomic E-state index is 12.4. The Morgan fingerprint density at radius 1 is 1.33 bits per heavy atom. The van der Waals surface area contributed by atoms with Gasteiger partial charge in [-0.25, -0.2) is 0 Å². The van der Waals surface area contributed by atoms with Crippen molar-refractivity contribution in [2.45, 2.75) is 38.2 Å². The highest BCUT2D eigenvalue weighted by Crippen LogP contribution is 2.29. The molecule has 1 atom stereocenters. The maximum atomic E-state index is 12.4. The lowest BCUT2D eigenvalue weighted by Crippen LogP contribution is -2.35. The minimum atomic E-state index is 0.264. The van der Waals surface area contributed by atoms with E-state index in [0.717, 1.165) is 45.4 Å². The number of H-pyrrole nitrogens is 1. The molecule has 1 aromatic carbocycles. The van der Waals surface area contributed by atoms with Crippen LogP contribution in [0.25, 0.3) is 16.5 Å². The SMILES string of the molecule is O=C(CC[C@H]1CCCO1)N1CC=C(c2c[nH]c3ccccc23)CC1. The second-order valence-corrected chi connectivity index (χ2v) is 6.74. The second-order valence-electron chi connectivity index (χ2n) is 6.74. The third kappa shape index (κ3) is 3.11. The largest absolute Gasteiger partial charge is 0.378 e. The number of ether oxygens (including phenoxy) is 1. The summed E-state index contributed by atoms with van der Waals surface area (Å²) in [5, 5.41) is 1.27. The molecule has 0 radical (unpaired) electrons. The van der Waals surface area contributed by atoms with Gasteiger partial charge in [-0.15, -0.1) is 0 Å². The monoisotopic (exact) mass is 324 g/mol. The van der Waals surface area contributed by atoms with E-state index in [0.29, 0.717) is 12.5 Å². The van der Waals surface area contributed by atoms with Gasteiger partial charge in [-0.1, -0.05) is 24.3 Å². The number of hydrogen-bond donors (Lipinski definition) is 1. The highest BCUT2D eigenvalue weighted by Gasteiger charge is 2.22. The van der Waals surface area contributed by atoms with Gasteiger partial charge in [0, 0.05) is 48.8 Å². The van der Waals surface area contributed by atoms with Crippen LogP contribution in [0.4, 0.5) is 0 Å². The number of amides is 1. The summed E-state index contributed by atoms with van der Waals surface area (Å²) in [4.78, 5) is 17.7. The van der Waals surface area contributed by atoms with E-state index in [2.05, 4.69) is 35.5 Å². The second kappa shape index (κ2) is 6.81. The molecule has 0 unspecified atom stereocenters. The van der Waals surface area contributed by atoms with Crippen molar-refractivity contribution in [1.29, 1.82) is 0 Å². The third-order valence-electron chi connectivity index (χ3n) is 5.20. The fourth-order valence-corrected chi connectivity index (χ4v) is 3.79. The van der Waals surface area contributed by atoms with Crippen molar-refractivity contribution in [1.82, 2.24) is 9.88 Å². The molecular formula is C20H24N2O2. The van der Waals surface area contributed by atoms with Gasteiger partial charge in [0.15, 0.2) is 0 Å². The first-order valence-electron chi connectivity index (χ1n) is 8.96. The Hall–Kier alpha value is -2.07. The molecule has 4 rings (SSSR count). The summed E-state index contributed by atoms with van der Waals surface area (Å²) in [6, 6.07) is 8.38. The lowest BCUT2D eigenvalue weighted by Gasteiger charge is -2.27. The molecule has 2 aromatic rings. The highest BCUT2D eigenvalue weighted by molar-refractivity contribution is 5.93. The number of aromatic amines is 1. The Bertz CT molecular complexity index is 756. The molecule has 4 heteroatoms. The third-order valence-corrected chi connectivity index (χ3v) is 5.20. The molecule has 0 aliphatic carbocycles. The first-order valence-corrected chi connectivity index (χ1v) is 8.96. The van der Waals surface area contributed by atoms with E-state index in [4.69, 9.17) is 4.74 Å². The number of benzene rings is 1. The van der Waals surface area contributed by atoms with E-state index in [1.807, 2.05) is 11.0 Å². The molecule has 1 N–H and O–H groups in total. The Kier molecular flexibility index (Phi) is 4.39. The van der Waals surface area contributed by atoms with Gasteiger partial charge in [0.1, 0.15) is 0 Å². The molecule has 24 heavy (non-hydrogen) atoms. The van der Waals surface area contributed by atoms with E-state index in [1.54, 1.807) is 0 Å². The summed E-state index contributed by atoms with van der Waals surface area (Å²) >= 11 is 0. The summed E-state index contributed by atoms with van der Waals surface area (Å²) in [6.07, 6.45) is 9.25. The molecule has 4 nitrogen and oxygen atoms in total. The number of para-hydroxylation sites is 1. The van der Waals surface area contributed by atoms with Crippen LogP contribution in [0.15, 0.2) is 36.5 Å². The van der Waals surface area contributed by atoms with Crippen LogP contribution < -0.4 is 0 Å². The molecule has 0 bridgehead atoms. The summed E-state index contributed by atoms with van der Waals surface area (Å²) in [6.45, 7) is 2.40. The topological polar surface area (TPSA) is 45.3 Å². The van der Waals surface area contributed by atoms with Gasteiger partial charge < -0.3 is 14.6 Å². The molecule has 126 valence electrons. The normalized spacial score (nSPS) is 21.2. The van der Waals surface area contributed by atoms with Gasteiger partial charge in [-0.2, -0.15) is 0 Å². The van der Waals surface area contributed by atoms with Crippen LogP contribution in [0, 0.1) is 0 Å². The molecule has 1 amide bonds. The molecule has 1 fully saturated rings. The first kappa shape index (κ1) is 15.5. The average Bonchev–Trinajstić information content (AvgIpc) is 3.29. The van der Waals surface area contributed by atoms with Crippen molar-refractivity contribution in [3.05, 3.63) is 42.1 Å². The number of rotatable bonds is 4. The van der Waals surface area contributed by atoms with Crippen molar-refractivity contribution in [2.75, 3.05) is 19.7 Å². The Labute approximate surface area is 142 Å². The fraction of sp³-hybridized carbons (Fsp3) is 0.450. The lowest BCUT2D eigenvalue weighted by atomic mass is 9.98. The van der Waals surface area contributed by atoms with Crippen LogP contribution >= 0.6 is 0 Å². The molecule has 0 saturated carbocycles.